The first kappa shape index (κ1) is 13.7. The molecule has 0 saturated heterocycles. The highest BCUT2D eigenvalue weighted by Gasteiger charge is 2.19. The van der Waals surface area contributed by atoms with Gasteiger partial charge in [-0.05, 0) is 36.6 Å². The Bertz CT molecular complexity index is 638. The van der Waals surface area contributed by atoms with E-state index in [1.807, 2.05) is 24.3 Å². The van der Waals surface area contributed by atoms with Gasteiger partial charge in [0.2, 0.25) is 0 Å². The number of nitrogens with one attached hydrogen (secondary N) is 2. The molecular formula is C16H16FN3O. The first-order valence-electron chi connectivity index (χ1n) is 6.95. The zero-order valence-electron chi connectivity index (χ0n) is 11.5. The molecule has 1 aromatic carbocycles. The Morgan fingerprint density at radius 1 is 1.24 bits per heavy atom. The van der Waals surface area contributed by atoms with E-state index < -0.39 is 11.7 Å². The number of pyridine rings is 1. The molecule has 0 bridgehead atoms. The molecule has 3 rings (SSSR count). The number of anilines is 1. The number of nitrogens with zero attached hydrogens (tertiary/aromatic N) is 1. The summed E-state index contributed by atoms with van der Waals surface area (Å²) in [6.45, 7) is 0.831. The van der Waals surface area contributed by atoms with Crippen LogP contribution in [-0.4, -0.2) is 16.9 Å². The Morgan fingerprint density at radius 3 is 2.67 bits per heavy atom. The van der Waals surface area contributed by atoms with Gasteiger partial charge in [-0.25, -0.2) is 4.39 Å². The zero-order valence-corrected chi connectivity index (χ0v) is 11.5. The third-order valence-electron chi connectivity index (χ3n) is 3.40. The smallest absolute Gasteiger partial charge is 0.258 e. The Morgan fingerprint density at radius 2 is 2.00 bits per heavy atom. The summed E-state index contributed by atoms with van der Waals surface area (Å²) in [6.07, 6.45) is 4.93. The van der Waals surface area contributed by atoms with Crippen LogP contribution >= 0.6 is 0 Å². The molecular weight excluding hydrogens is 269 g/mol. The fourth-order valence-corrected chi connectivity index (χ4v) is 2.01. The third-order valence-corrected chi connectivity index (χ3v) is 3.40. The lowest BCUT2D eigenvalue weighted by molar-refractivity contribution is 0.102. The van der Waals surface area contributed by atoms with E-state index >= 15 is 0 Å². The molecule has 1 heterocycles. The van der Waals surface area contributed by atoms with Crippen molar-refractivity contribution in [1.82, 2.24) is 10.3 Å². The summed E-state index contributed by atoms with van der Waals surface area (Å²) in [5.74, 6) is -1.10. The van der Waals surface area contributed by atoms with Crippen LogP contribution < -0.4 is 10.6 Å². The molecule has 4 nitrogen and oxygen atoms in total. The molecule has 2 N–H and O–H groups in total. The van der Waals surface area contributed by atoms with E-state index in [0.29, 0.717) is 11.7 Å². The summed E-state index contributed by atoms with van der Waals surface area (Å²) < 4.78 is 13.5. The normalized spacial score (nSPS) is 14.0. The second-order valence-corrected chi connectivity index (χ2v) is 5.16. The average Bonchev–Trinajstić information content (AvgIpc) is 3.31. The number of amides is 1. The van der Waals surface area contributed by atoms with Gasteiger partial charge in [0.15, 0.2) is 5.82 Å². The van der Waals surface area contributed by atoms with Gasteiger partial charge >= 0.3 is 0 Å². The van der Waals surface area contributed by atoms with Gasteiger partial charge in [0.1, 0.15) is 0 Å². The number of carbonyl (C=O) groups is 1. The first-order valence-corrected chi connectivity index (χ1v) is 6.95. The maximum Gasteiger partial charge on any atom is 0.258 e. The molecule has 1 aliphatic rings. The number of halogens is 1. The lowest BCUT2D eigenvalue weighted by Gasteiger charge is -2.07. The van der Waals surface area contributed by atoms with Crippen molar-refractivity contribution in [2.24, 2.45) is 0 Å². The molecule has 0 unspecified atom stereocenters. The third kappa shape index (κ3) is 3.64. The Balaban J connectivity index is 1.61. The number of rotatable bonds is 5. The predicted octanol–water partition coefficient (Wildman–Crippen LogP) is 2.73. The summed E-state index contributed by atoms with van der Waals surface area (Å²) >= 11 is 0. The minimum atomic E-state index is -0.625. The van der Waals surface area contributed by atoms with E-state index in [1.54, 1.807) is 0 Å². The number of benzene rings is 1. The number of hydrogen-bond acceptors (Lipinski definition) is 3. The van der Waals surface area contributed by atoms with Gasteiger partial charge < -0.3 is 10.6 Å². The van der Waals surface area contributed by atoms with Crippen LogP contribution in [0, 0.1) is 5.82 Å². The second-order valence-electron chi connectivity index (χ2n) is 5.16. The monoisotopic (exact) mass is 285 g/mol. The zero-order chi connectivity index (χ0) is 14.7. The first-order chi connectivity index (χ1) is 10.2. The van der Waals surface area contributed by atoms with Gasteiger partial charge in [0.25, 0.3) is 5.91 Å². The summed E-state index contributed by atoms with van der Waals surface area (Å²) in [4.78, 5) is 15.6. The molecule has 0 spiro atoms. The number of aromatic nitrogens is 1. The van der Waals surface area contributed by atoms with Crippen LogP contribution in [0.15, 0.2) is 42.7 Å². The van der Waals surface area contributed by atoms with Crippen molar-refractivity contribution in [3.05, 3.63) is 59.7 Å². The summed E-state index contributed by atoms with van der Waals surface area (Å²) in [5, 5.41) is 6.10. The van der Waals surface area contributed by atoms with Crippen LogP contribution in [0.2, 0.25) is 0 Å². The number of hydrogen-bond donors (Lipinski definition) is 2. The molecule has 21 heavy (non-hydrogen) atoms. The largest absolute Gasteiger partial charge is 0.322 e. The molecule has 108 valence electrons. The molecule has 1 fully saturated rings. The molecule has 0 atom stereocenters. The minimum Gasteiger partial charge on any atom is -0.322 e. The van der Waals surface area contributed by atoms with E-state index in [2.05, 4.69) is 15.6 Å². The minimum absolute atomic E-state index is 0.00974. The van der Waals surface area contributed by atoms with Crippen LogP contribution in [0.1, 0.15) is 28.8 Å². The lowest BCUT2D eigenvalue weighted by Crippen LogP contribution is -2.16. The standard InChI is InChI=1S/C16H16FN3O/c17-15-10-18-8-7-14(15)16(21)20-13-3-1-11(2-4-13)9-19-12-5-6-12/h1-4,7-8,10,12,19H,5-6,9H2,(H,20,21). The molecule has 1 amide bonds. The highest BCUT2D eigenvalue weighted by molar-refractivity contribution is 6.04. The molecule has 0 radical (unpaired) electrons. The quantitative estimate of drug-likeness (QED) is 0.888. The van der Waals surface area contributed by atoms with Crippen molar-refractivity contribution >= 4 is 11.6 Å². The van der Waals surface area contributed by atoms with Gasteiger partial charge in [0, 0.05) is 24.5 Å². The average molecular weight is 285 g/mol. The van der Waals surface area contributed by atoms with Gasteiger partial charge in [-0.15, -0.1) is 0 Å². The van der Waals surface area contributed by atoms with E-state index in [1.165, 1.54) is 25.1 Å². The fourth-order valence-electron chi connectivity index (χ4n) is 2.01. The summed E-state index contributed by atoms with van der Waals surface area (Å²) in [6, 6.07) is 9.57. The Hall–Kier alpha value is -2.27. The van der Waals surface area contributed by atoms with Crippen LogP contribution in [0.4, 0.5) is 10.1 Å². The van der Waals surface area contributed by atoms with Crippen LogP contribution in [0.3, 0.4) is 0 Å². The lowest BCUT2D eigenvalue weighted by atomic mass is 10.2. The van der Waals surface area contributed by atoms with Crippen LogP contribution in [0.25, 0.3) is 0 Å². The SMILES string of the molecule is O=C(Nc1ccc(CNC2CC2)cc1)c1ccncc1F. The van der Waals surface area contributed by atoms with Crippen molar-refractivity contribution in [2.45, 2.75) is 25.4 Å². The van der Waals surface area contributed by atoms with Gasteiger partial charge in [0.05, 0.1) is 11.8 Å². The highest BCUT2D eigenvalue weighted by atomic mass is 19.1. The van der Waals surface area contributed by atoms with E-state index in [0.717, 1.165) is 18.3 Å². The highest BCUT2D eigenvalue weighted by Crippen LogP contribution is 2.19. The molecule has 2 aromatic rings. The predicted molar refractivity (Wildman–Crippen MR) is 78.5 cm³/mol. The van der Waals surface area contributed by atoms with Crippen molar-refractivity contribution in [1.29, 1.82) is 0 Å². The topological polar surface area (TPSA) is 54.0 Å². The van der Waals surface area contributed by atoms with Crippen molar-refractivity contribution in [2.75, 3.05) is 5.32 Å². The number of carbonyl (C=O) groups excluding carboxylic acids is 1. The maximum absolute atomic E-state index is 13.5. The van der Waals surface area contributed by atoms with Crippen LogP contribution in [-0.2, 0) is 6.54 Å². The summed E-state index contributed by atoms with van der Waals surface area (Å²) in [7, 11) is 0. The second kappa shape index (κ2) is 6.01. The Labute approximate surface area is 122 Å². The van der Waals surface area contributed by atoms with E-state index in [-0.39, 0.29) is 5.56 Å². The van der Waals surface area contributed by atoms with E-state index in [4.69, 9.17) is 0 Å². The molecule has 5 heteroatoms. The van der Waals surface area contributed by atoms with Gasteiger partial charge in [-0.3, -0.25) is 9.78 Å². The molecule has 1 aliphatic carbocycles. The van der Waals surface area contributed by atoms with Gasteiger partial charge in [-0.1, -0.05) is 12.1 Å². The summed E-state index contributed by atoms with van der Waals surface area (Å²) in [5.41, 5.74) is 1.80. The Kier molecular flexibility index (Phi) is 3.92. The fraction of sp³-hybridized carbons (Fsp3) is 0.250. The molecule has 1 saturated carbocycles. The maximum atomic E-state index is 13.5. The molecule has 0 aliphatic heterocycles. The van der Waals surface area contributed by atoms with Crippen molar-refractivity contribution in [3.63, 3.8) is 0 Å². The van der Waals surface area contributed by atoms with Crippen molar-refractivity contribution in [3.8, 4) is 0 Å². The van der Waals surface area contributed by atoms with Crippen LogP contribution in [0.5, 0.6) is 0 Å². The van der Waals surface area contributed by atoms with E-state index in [9.17, 15) is 9.18 Å². The molecule has 1 aromatic heterocycles. The van der Waals surface area contributed by atoms with Crippen molar-refractivity contribution < 1.29 is 9.18 Å². The van der Waals surface area contributed by atoms with Gasteiger partial charge in [-0.2, -0.15) is 0 Å².